The summed E-state index contributed by atoms with van der Waals surface area (Å²) in [5.41, 5.74) is -2.43. The Morgan fingerprint density at radius 1 is 1.11 bits per heavy atom. The van der Waals surface area contributed by atoms with Crippen LogP contribution in [0, 0.1) is 4.77 Å². The van der Waals surface area contributed by atoms with Crippen molar-refractivity contribution in [1.82, 2.24) is 13.1 Å². The Labute approximate surface area is 109 Å². The van der Waals surface area contributed by atoms with Crippen molar-refractivity contribution in [2.75, 3.05) is 6.26 Å². The van der Waals surface area contributed by atoms with E-state index in [1.165, 1.54) is 7.05 Å². The van der Waals surface area contributed by atoms with Crippen molar-refractivity contribution in [3.63, 3.8) is 0 Å². The first-order chi connectivity index (χ1) is 7.89. The molecule has 0 aromatic carbocycles. The SMILES string of the molecule is Cn1c(=O)n(C(C)(C)C)c(=O)n(S(C)(=O)=O)c1=S. The van der Waals surface area contributed by atoms with Gasteiger partial charge in [0.15, 0.2) is 0 Å². The van der Waals surface area contributed by atoms with Crippen molar-refractivity contribution < 1.29 is 8.42 Å². The van der Waals surface area contributed by atoms with Gasteiger partial charge in [0.25, 0.3) is 0 Å². The molecule has 0 aliphatic heterocycles. The molecule has 0 atom stereocenters. The fraction of sp³-hybridized carbons (Fsp3) is 0.667. The maximum absolute atomic E-state index is 12.1. The molecule has 1 aromatic rings. The van der Waals surface area contributed by atoms with Crippen LogP contribution in [-0.4, -0.2) is 27.8 Å². The first-order valence-corrected chi connectivity index (χ1v) is 7.31. The van der Waals surface area contributed by atoms with E-state index in [4.69, 9.17) is 12.2 Å². The van der Waals surface area contributed by atoms with Crippen molar-refractivity contribution in [3.05, 3.63) is 25.7 Å². The highest BCUT2D eigenvalue weighted by Gasteiger charge is 2.24. The summed E-state index contributed by atoms with van der Waals surface area (Å²) in [6.45, 7) is 4.89. The quantitative estimate of drug-likeness (QED) is 0.660. The fourth-order valence-corrected chi connectivity index (χ4v) is 2.81. The van der Waals surface area contributed by atoms with Crippen molar-refractivity contribution >= 4 is 22.2 Å². The Morgan fingerprint density at radius 3 is 1.89 bits per heavy atom. The van der Waals surface area contributed by atoms with E-state index in [9.17, 15) is 18.0 Å². The Bertz CT molecular complexity index is 759. The molecule has 0 amide bonds. The van der Waals surface area contributed by atoms with E-state index < -0.39 is 26.9 Å². The van der Waals surface area contributed by atoms with Gasteiger partial charge in [-0.1, -0.05) is 0 Å². The summed E-state index contributed by atoms with van der Waals surface area (Å²) < 4.78 is 25.1. The third-order valence-electron chi connectivity index (χ3n) is 2.31. The smallest absolute Gasteiger partial charge is 0.272 e. The highest BCUT2D eigenvalue weighted by atomic mass is 32.2. The van der Waals surface area contributed by atoms with Crippen LogP contribution in [0.5, 0.6) is 0 Å². The Hall–Kier alpha value is -1.22. The molecule has 0 radical (unpaired) electrons. The molecule has 0 bridgehead atoms. The molecule has 1 aromatic heterocycles. The lowest BCUT2D eigenvalue weighted by Crippen LogP contribution is -2.52. The van der Waals surface area contributed by atoms with Crippen molar-refractivity contribution in [3.8, 4) is 0 Å². The zero-order valence-corrected chi connectivity index (χ0v) is 12.4. The molecule has 0 unspecified atom stereocenters. The minimum atomic E-state index is -3.87. The van der Waals surface area contributed by atoms with E-state index in [1.807, 2.05) is 0 Å². The van der Waals surface area contributed by atoms with E-state index in [2.05, 4.69) is 0 Å². The second kappa shape index (κ2) is 4.16. The molecule has 1 rings (SSSR count). The Balaban J connectivity index is 4.17. The van der Waals surface area contributed by atoms with Gasteiger partial charge in [-0.2, -0.15) is 3.97 Å². The average Bonchev–Trinajstić information content (AvgIpc) is 2.09. The van der Waals surface area contributed by atoms with Gasteiger partial charge >= 0.3 is 11.4 Å². The van der Waals surface area contributed by atoms with Crippen LogP contribution in [-0.2, 0) is 22.6 Å². The molecule has 18 heavy (non-hydrogen) atoms. The second-order valence-electron chi connectivity index (χ2n) is 4.94. The number of hydrogen-bond acceptors (Lipinski definition) is 5. The third kappa shape index (κ3) is 2.32. The normalized spacial score (nSPS) is 12.7. The minimum absolute atomic E-state index is 0.340. The van der Waals surface area contributed by atoms with Crippen LogP contribution in [0.3, 0.4) is 0 Å². The van der Waals surface area contributed by atoms with Gasteiger partial charge in [-0.25, -0.2) is 22.6 Å². The van der Waals surface area contributed by atoms with E-state index in [0.717, 1.165) is 15.4 Å². The molecule has 0 saturated heterocycles. The van der Waals surface area contributed by atoms with Crippen LogP contribution in [0.4, 0.5) is 0 Å². The number of nitrogens with zero attached hydrogens (tertiary/aromatic N) is 3. The van der Waals surface area contributed by atoms with Crippen LogP contribution in [0.25, 0.3) is 0 Å². The highest BCUT2D eigenvalue weighted by Crippen LogP contribution is 2.07. The fourth-order valence-electron chi connectivity index (χ4n) is 1.48. The monoisotopic (exact) mass is 293 g/mol. The molecule has 102 valence electrons. The number of aromatic nitrogens is 3. The van der Waals surface area contributed by atoms with Gasteiger partial charge in [0.05, 0.1) is 6.26 Å². The lowest BCUT2D eigenvalue weighted by atomic mass is 10.1. The predicted molar refractivity (Wildman–Crippen MR) is 70.0 cm³/mol. The lowest BCUT2D eigenvalue weighted by molar-refractivity contribution is 0.343. The Morgan fingerprint density at radius 2 is 1.56 bits per heavy atom. The predicted octanol–water partition coefficient (Wildman–Crippen LogP) is -0.359. The summed E-state index contributed by atoms with van der Waals surface area (Å²) in [5, 5.41) is 0. The van der Waals surface area contributed by atoms with Crippen LogP contribution in [0.15, 0.2) is 9.59 Å². The van der Waals surface area contributed by atoms with Gasteiger partial charge in [0.1, 0.15) is 0 Å². The molecule has 7 nitrogen and oxygen atoms in total. The molecule has 0 aliphatic carbocycles. The van der Waals surface area contributed by atoms with Gasteiger partial charge in [0.2, 0.25) is 14.8 Å². The molecule has 9 heteroatoms. The Kier molecular flexibility index (Phi) is 3.43. The minimum Gasteiger partial charge on any atom is -0.272 e. The molecule has 0 spiro atoms. The first kappa shape index (κ1) is 14.8. The average molecular weight is 293 g/mol. The van der Waals surface area contributed by atoms with E-state index in [-0.39, 0.29) is 4.77 Å². The number of hydrogen-bond donors (Lipinski definition) is 0. The van der Waals surface area contributed by atoms with E-state index in [1.54, 1.807) is 20.8 Å². The maximum Gasteiger partial charge on any atom is 0.349 e. The summed E-state index contributed by atoms with van der Waals surface area (Å²) in [7, 11) is -2.54. The first-order valence-electron chi connectivity index (χ1n) is 5.05. The third-order valence-corrected chi connectivity index (χ3v) is 3.87. The summed E-state index contributed by atoms with van der Waals surface area (Å²) in [5.74, 6) is 0. The van der Waals surface area contributed by atoms with Crippen LogP contribution in [0.2, 0.25) is 0 Å². The van der Waals surface area contributed by atoms with Crippen molar-refractivity contribution in [2.24, 2.45) is 7.05 Å². The molecule has 0 aliphatic rings. The summed E-state index contributed by atoms with van der Waals surface area (Å²) in [6.07, 6.45) is 0.863. The zero-order valence-electron chi connectivity index (χ0n) is 10.8. The van der Waals surface area contributed by atoms with Crippen molar-refractivity contribution in [1.29, 1.82) is 0 Å². The molecular formula is C9H15N3O4S2. The molecular weight excluding hydrogens is 278 g/mol. The maximum atomic E-state index is 12.1. The van der Waals surface area contributed by atoms with Crippen LogP contribution >= 0.6 is 12.2 Å². The summed E-state index contributed by atoms with van der Waals surface area (Å²) >= 11 is 4.83. The zero-order chi connectivity index (χ0) is 14.5. The molecule has 0 N–H and O–H groups in total. The van der Waals surface area contributed by atoms with Crippen LogP contribution < -0.4 is 11.4 Å². The molecule has 0 saturated carbocycles. The highest BCUT2D eigenvalue weighted by molar-refractivity contribution is 7.89. The van der Waals surface area contributed by atoms with E-state index >= 15 is 0 Å². The van der Waals surface area contributed by atoms with Crippen LogP contribution in [0.1, 0.15) is 20.8 Å². The van der Waals surface area contributed by atoms with Gasteiger partial charge in [-0.15, -0.1) is 0 Å². The molecule has 1 heterocycles. The van der Waals surface area contributed by atoms with Gasteiger partial charge in [0, 0.05) is 12.6 Å². The number of rotatable bonds is 1. The second-order valence-corrected chi connectivity index (χ2v) is 7.14. The van der Waals surface area contributed by atoms with Gasteiger partial charge in [-0.3, -0.25) is 4.57 Å². The van der Waals surface area contributed by atoms with E-state index in [0.29, 0.717) is 3.97 Å². The van der Waals surface area contributed by atoms with Gasteiger partial charge < -0.3 is 0 Å². The van der Waals surface area contributed by atoms with Gasteiger partial charge in [-0.05, 0) is 33.0 Å². The largest absolute Gasteiger partial charge is 0.349 e. The molecule has 0 fully saturated rings. The lowest BCUT2D eigenvalue weighted by Gasteiger charge is -2.22. The summed E-state index contributed by atoms with van der Waals surface area (Å²) in [4.78, 5) is 24.1. The standard InChI is InChI=1S/C9H15N3O4S2/c1-9(2,3)11-6(13)10(4)8(17)12(7(11)14)18(5,15)16/h1-5H3. The van der Waals surface area contributed by atoms with Crippen molar-refractivity contribution in [2.45, 2.75) is 26.3 Å². The summed E-state index contributed by atoms with van der Waals surface area (Å²) in [6, 6.07) is 0. The topological polar surface area (TPSA) is 83.1 Å².